The monoisotopic (exact) mass is 228 g/mol. The molecule has 0 rings (SSSR count). The molecule has 1 unspecified atom stereocenters. The number of rotatable bonds is 7. The molecule has 0 aliphatic carbocycles. The molecular formula is C13H24O3. The number of carbonyl (C=O) groups is 1. The van der Waals surface area contributed by atoms with Crippen molar-refractivity contribution in [2.75, 3.05) is 6.61 Å². The summed E-state index contributed by atoms with van der Waals surface area (Å²) in [6.07, 6.45) is 2.56. The van der Waals surface area contributed by atoms with Crippen LogP contribution in [0, 0.1) is 5.41 Å². The fourth-order valence-corrected chi connectivity index (χ4v) is 1.33. The normalized spacial score (nSPS) is 13.3. The van der Waals surface area contributed by atoms with E-state index in [1.807, 2.05) is 13.8 Å². The van der Waals surface area contributed by atoms with Gasteiger partial charge in [-0.2, -0.15) is 0 Å². The van der Waals surface area contributed by atoms with Crippen LogP contribution in [0.2, 0.25) is 0 Å². The van der Waals surface area contributed by atoms with Gasteiger partial charge in [0.1, 0.15) is 6.10 Å². The summed E-state index contributed by atoms with van der Waals surface area (Å²) in [6, 6.07) is 0. The van der Waals surface area contributed by atoms with Crippen LogP contribution in [0.25, 0.3) is 0 Å². The van der Waals surface area contributed by atoms with E-state index in [0.29, 0.717) is 5.57 Å². The number of aliphatic hydroxyl groups is 1. The molecule has 0 aromatic carbocycles. The minimum Gasteiger partial charge on any atom is -0.458 e. The third-order valence-electron chi connectivity index (χ3n) is 2.70. The van der Waals surface area contributed by atoms with Gasteiger partial charge in [0, 0.05) is 11.0 Å². The van der Waals surface area contributed by atoms with E-state index in [0.717, 1.165) is 19.3 Å². The lowest BCUT2D eigenvalue weighted by Gasteiger charge is -2.32. The van der Waals surface area contributed by atoms with Crippen molar-refractivity contribution in [1.82, 2.24) is 0 Å². The largest absolute Gasteiger partial charge is 0.458 e. The lowest BCUT2D eigenvalue weighted by atomic mass is 9.84. The van der Waals surface area contributed by atoms with Gasteiger partial charge >= 0.3 is 5.97 Å². The molecule has 1 N–H and O–H groups in total. The molecule has 94 valence electrons. The van der Waals surface area contributed by atoms with Crippen LogP contribution >= 0.6 is 0 Å². The molecule has 0 aliphatic heterocycles. The topological polar surface area (TPSA) is 46.5 Å². The molecule has 0 amide bonds. The Hall–Kier alpha value is -0.830. The van der Waals surface area contributed by atoms with Gasteiger partial charge in [-0.1, -0.05) is 40.2 Å². The molecule has 0 aromatic rings. The molecule has 1 atom stereocenters. The van der Waals surface area contributed by atoms with Gasteiger partial charge in [-0.3, -0.25) is 0 Å². The minimum absolute atomic E-state index is 0.00481. The van der Waals surface area contributed by atoms with Crippen molar-refractivity contribution in [3.63, 3.8) is 0 Å². The lowest BCUT2D eigenvalue weighted by molar-refractivity contribution is -0.152. The third kappa shape index (κ3) is 4.79. The number of aliphatic hydroxyl groups excluding tert-OH is 1. The van der Waals surface area contributed by atoms with E-state index < -0.39 is 5.41 Å². The number of ether oxygens (including phenoxy) is 1. The zero-order valence-corrected chi connectivity index (χ0v) is 10.9. The van der Waals surface area contributed by atoms with Crippen molar-refractivity contribution in [3.05, 3.63) is 12.2 Å². The van der Waals surface area contributed by atoms with Gasteiger partial charge in [0.2, 0.25) is 0 Å². The Morgan fingerprint density at radius 1 is 1.50 bits per heavy atom. The molecule has 16 heavy (non-hydrogen) atoms. The summed E-state index contributed by atoms with van der Waals surface area (Å²) in [6.45, 7) is 11.1. The highest BCUT2D eigenvalue weighted by Gasteiger charge is 2.31. The number of carbonyl (C=O) groups excluding carboxylic acids is 1. The van der Waals surface area contributed by atoms with Crippen LogP contribution in [0.1, 0.15) is 47.0 Å². The minimum atomic E-state index is -0.402. The molecule has 0 saturated carbocycles. The Labute approximate surface area is 98.5 Å². The van der Waals surface area contributed by atoms with Crippen LogP contribution in [0.15, 0.2) is 12.2 Å². The van der Waals surface area contributed by atoms with Gasteiger partial charge in [-0.25, -0.2) is 4.79 Å². The zero-order chi connectivity index (χ0) is 12.8. The van der Waals surface area contributed by atoms with Crippen LogP contribution in [-0.2, 0) is 9.53 Å². The van der Waals surface area contributed by atoms with Crippen molar-refractivity contribution >= 4 is 5.97 Å². The maximum absolute atomic E-state index is 11.5. The second-order valence-electron chi connectivity index (χ2n) is 4.96. The first-order valence-electron chi connectivity index (χ1n) is 5.82. The molecule has 3 heteroatoms. The maximum atomic E-state index is 11.5. The summed E-state index contributed by atoms with van der Waals surface area (Å²) in [5.74, 6) is -0.373. The van der Waals surface area contributed by atoms with Crippen LogP contribution in [0.3, 0.4) is 0 Å². The van der Waals surface area contributed by atoms with E-state index in [9.17, 15) is 9.90 Å². The molecule has 3 nitrogen and oxygen atoms in total. The first-order valence-corrected chi connectivity index (χ1v) is 5.82. The highest BCUT2D eigenvalue weighted by atomic mass is 16.5. The predicted octanol–water partition coefficient (Wildman–Crippen LogP) is 2.68. The van der Waals surface area contributed by atoms with Crippen molar-refractivity contribution in [3.8, 4) is 0 Å². The smallest absolute Gasteiger partial charge is 0.333 e. The molecule has 0 radical (unpaired) electrons. The van der Waals surface area contributed by atoms with Gasteiger partial charge in [0.05, 0.1) is 6.61 Å². The zero-order valence-electron chi connectivity index (χ0n) is 10.9. The van der Waals surface area contributed by atoms with E-state index in [4.69, 9.17) is 4.74 Å². The Morgan fingerprint density at radius 3 is 2.44 bits per heavy atom. The van der Waals surface area contributed by atoms with Crippen LogP contribution < -0.4 is 0 Å². The van der Waals surface area contributed by atoms with Crippen molar-refractivity contribution in [1.29, 1.82) is 0 Å². The predicted molar refractivity (Wildman–Crippen MR) is 65.1 cm³/mol. The Balaban J connectivity index is 4.55. The number of esters is 1. The van der Waals surface area contributed by atoms with Gasteiger partial charge in [0.15, 0.2) is 0 Å². The second kappa shape index (κ2) is 6.69. The van der Waals surface area contributed by atoms with E-state index >= 15 is 0 Å². The number of hydrogen-bond acceptors (Lipinski definition) is 3. The van der Waals surface area contributed by atoms with Crippen molar-refractivity contribution in [2.24, 2.45) is 5.41 Å². The fourth-order valence-electron chi connectivity index (χ4n) is 1.33. The van der Waals surface area contributed by atoms with Crippen LogP contribution in [-0.4, -0.2) is 23.8 Å². The number of hydrogen-bond donors (Lipinski definition) is 1. The molecule has 0 aliphatic rings. The summed E-state index contributed by atoms with van der Waals surface area (Å²) >= 11 is 0. The third-order valence-corrected chi connectivity index (χ3v) is 2.70. The SMILES string of the molecule is C=C(C)C(=O)OC(CCCC)C(C)(C)CO. The fraction of sp³-hybridized carbons (Fsp3) is 0.769. The standard InChI is InChI=1S/C13H24O3/c1-6-7-8-11(13(4,5)9-14)16-12(15)10(2)3/h11,14H,2,6-9H2,1,3-5H3. The van der Waals surface area contributed by atoms with Crippen molar-refractivity contribution < 1.29 is 14.6 Å². The summed E-state index contributed by atoms with van der Waals surface area (Å²) in [5.41, 5.74) is -0.00413. The Morgan fingerprint density at radius 2 is 2.06 bits per heavy atom. The summed E-state index contributed by atoms with van der Waals surface area (Å²) in [4.78, 5) is 11.5. The molecule has 0 spiro atoms. The van der Waals surface area contributed by atoms with Gasteiger partial charge in [0.25, 0.3) is 0 Å². The first kappa shape index (κ1) is 15.2. The molecule has 0 bridgehead atoms. The highest BCUT2D eigenvalue weighted by molar-refractivity contribution is 5.87. The van der Waals surface area contributed by atoms with Crippen molar-refractivity contribution in [2.45, 2.75) is 53.1 Å². The van der Waals surface area contributed by atoms with E-state index in [2.05, 4.69) is 13.5 Å². The van der Waals surface area contributed by atoms with Gasteiger partial charge in [-0.05, 0) is 13.3 Å². The highest BCUT2D eigenvalue weighted by Crippen LogP contribution is 2.27. The maximum Gasteiger partial charge on any atom is 0.333 e. The summed E-state index contributed by atoms with van der Waals surface area (Å²) < 4.78 is 5.37. The molecule has 0 heterocycles. The van der Waals surface area contributed by atoms with E-state index in [1.54, 1.807) is 6.92 Å². The molecular weight excluding hydrogens is 204 g/mol. The average Bonchev–Trinajstić information content (AvgIpc) is 2.23. The second-order valence-corrected chi connectivity index (χ2v) is 4.96. The van der Waals surface area contributed by atoms with Crippen LogP contribution in [0.5, 0.6) is 0 Å². The van der Waals surface area contributed by atoms with Gasteiger partial charge in [-0.15, -0.1) is 0 Å². The first-order chi connectivity index (χ1) is 7.35. The molecule has 0 aromatic heterocycles. The average molecular weight is 228 g/mol. The molecule has 0 saturated heterocycles. The quantitative estimate of drug-likeness (QED) is 0.538. The summed E-state index contributed by atoms with van der Waals surface area (Å²) in [5, 5.41) is 9.30. The lowest BCUT2D eigenvalue weighted by Crippen LogP contribution is -2.37. The van der Waals surface area contributed by atoms with Gasteiger partial charge < -0.3 is 9.84 Å². The number of unbranched alkanes of at least 4 members (excludes halogenated alkanes) is 1. The summed E-state index contributed by atoms with van der Waals surface area (Å²) in [7, 11) is 0. The van der Waals surface area contributed by atoms with Crippen LogP contribution in [0.4, 0.5) is 0 Å². The Kier molecular flexibility index (Phi) is 6.34. The van der Waals surface area contributed by atoms with E-state index in [-0.39, 0.29) is 18.7 Å². The molecule has 0 fully saturated rings. The van der Waals surface area contributed by atoms with E-state index in [1.165, 1.54) is 0 Å². The Bertz CT molecular complexity index is 244.